The number of hydrogen-bond acceptors (Lipinski definition) is 5. The van der Waals surface area contributed by atoms with E-state index in [0.29, 0.717) is 45.7 Å². The summed E-state index contributed by atoms with van der Waals surface area (Å²) in [6, 6.07) is 9.64. The molecule has 3 atom stereocenters. The number of hydrogen-bond donors (Lipinski definition) is 0. The first-order chi connectivity index (χ1) is 13.0. The van der Waals surface area contributed by atoms with Crippen molar-refractivity contribution in [1.82, 2.24) is 9.21 Å². The van der Waals surface area contributed by atoms with E-state index in [-0.39, 0.29) is 23.1 Å². The topological polar surface area (TPSA) is 76.2 Å². The smallest absolute Gasteiger partial charge is 0.252 e. The molecular weight excluding hydrogens is 368 g/mol. The lowest BCUT2D eigenvalue weighted by Crippen LogP contribution is -2.44. The predicted octanol–water partition coefficient (Wildman–Crippen LogP) is 0.853. The molecule has 1 aromatic carbocycles. The molecule has 3 heterocycles. The quantitative estimate of drug-likeness (QED) is 0.740. The molecule has 7 nitrogen and oxygen atoms in total. The molecule has 3 fully saturated rings. The fraction of sp³-hybridized carbons (Fsp3) is 0.632. The van der Waals surface area contributed by atoms with Gasteiger partial charge in [0.15, 0.2) is 0 Å². The highest BCUT2D eigenvalue weighted by Crippen LogP contribution is 2.37. The summed E-state index contributed by atoms with van der Waals surface area (Å²) in [5.74, 6) is -0.166. The summed E-state index contributed by atoms with van der Waals surface area (Å²) in [4.78, 5) is 14.6. The van der Waals surface area contributed by atoms with Crippen LogP contribution in [-0.4, -0.2) is 74.3 Å². The molecule has 0 aromatic heterocycles. The Labute approximate surface area is 160 Å². The molecule has 0 N–H and O–H groups in total. The Morgan fingerprint density at radius 2 is 1.85 bits per heavy atom. The van der Waals surface area contributed by atoms with Crippen molar-refractivity contribution in [2.45, 2.75) is 36.8 Å². The Kier molecular flexibility index (Phi) is 5.24. The molecule has 8 heteroatoms. The first-order valence-corrected chi connectivity index (χ1v) is 11.0. The third-order valence-corrected chi connectivity index (χ3v) is 8.35. The number of ether oxygens (including phenoxy) is 2. The van der Waals surface area contributed by atoms with E-state index < -0.39 is 16.1 Å². The Morgan fingerprint density at radius 3 is 2.52 bits per heavy atom. The van der Waals surface area contributed by atoms with Gasteiger partial charge in [0.05, 0.1) is 11.3 Å². The van der Waals surface area contributed by atoms with Crippen molar-refractivity contribution in [3.8, 4) is 0 Å². The molecule has 1 amide bonds. The number of benzene rings is 1. The number of methoxy groups -OCH3 is 1. The molecule has 0 radical (unpaired) electrons. The van der Waals surface area contributed by atoms with Crippen LogP contribution in [0.3, 0.4) is 0 Å². The highest BCUT2D eigenvalue weighted by molar-refractivity contribution is 7.89. The molecule has 0 bridgehead atoms. The normalized spacial score (nSPS) is 30.0. The van der Waals surface area contributed by atoms with Crippen LogP contribution in [0.25, 0.3) is 0 Å². The van der Waals surface area contributed by atoms with Crippen LogP contribution in [0.4, 0.5) is 0 Å². The van der Waals surface area contributed by atoms with Crippen LogP contribution in [0, 0.1) is 5.92 Å². The number of carbonyl (C=O) groups excluding carboxylic acids is 1. The van der Waals surface area contributed by atoms with E-state index in [4.69, 9.17) is 9.47 Å². The molecule has 0 saturated carbocycles. The van der Waals surface area contributed by atoms with Crippen molar-refractivity contribution in [3.63, 3.8) is 0 Å². The lowest BCUT2D eigenvalue weighted by atomic mass is 10.0. The summed E-state index contributed by atoms with van der Waals surface area (Å²) in [6.45, 7) is 2.16. The second-order valence-electron chi connectivity index (χ2n) is 7.51. The van der Waals surface area contributed by atoms with E-state index in [9.17, 15) is 13.2 Å². The molecule has 3 aliphatic heterocycles. The van der Waals surface area contributed by atoms with Crippen molar-refractivity contribution in [2.75, 3.05) is 33.4 Å². The summed E-state index contributed by atoms with van der Waals surface area (Å²) in [5, 5.41) is -0.385. The zero-order valence-corrected chi connectivity index (χ0v) is 16.3. The van der Waals surface area contributed by atoms with Gasteiger partial charge in [-0.15, -0.1) is 0 Å². The highest BCUT2D eigenvalue weighted by atomic mass is 32.2. The zero-order valence-electron chi connectivity index (χ0n) is 15.5. The number of fused-ring (bicyclic) bond motifs is 1. The van der Waals surface area contributed by atoms with E-state index in [1.54, 1.807) is 9.21 Å². The Bertz CT molecular complexity index is 779. The van der Waals surface area contributed by atoms with Gasteiger partial charge >= 0.3 is 0 Å². The van der Waals surface area contributed by atoms with Gasteiger partial charge in [-0.25, -0.2) is 8.42 Å². The average Bonchev–Trinajstić information content (AvgIpc) is 3.22. The molecule has 27 heavy (non-hydrogen) atoms. The molecular formula is C19H26N2O5S. The van der Waals surface area contributed by atoms with Crippen LogP contribution >= 0.6 is 0 Å². The lowest BCUT2D eigenvalue weighted by Gasteiger charge is -2.29. The minimum Gasteiger partial charge on any atom is -0.381 e. The lowest BCUT2D eigenvalue weighted by molar-refractivity contribution is -0.138. The van der Waals surface area contributed by atoms with Gasteiger partial charge in [-0.05, 0) is 18.4 Å². The Hall–Kier alpha value is -1.48. The number of rotatable bonds is 5. The van der Waals surface area contributed by atoms with Crippen LogP contribution in [0.1, 0.15) is 18.4 Å². The third kappa shape index (κ3) is 3.40. The molecule has 0 aliphatic carbocycles. The van der Waals surface area contributed by atoms with Crippen molar-refractivity contribution in [3.05, 3.63) is 35.9 Å². The molecule has 148 valence electrons. The fourth-order valence-corrected chi connectivity index (χ4v) is 6.51. The van der Waals surface area contributed by atoms with E-state index in [2.05, 4.69) is 0 Å². The summed E-state index contributed by atoms with van der Waals surface area (Å²) < 4.78 is 38.5. The molecule has 4 rings (SSSR count). The van der Waals surface area contributed by atoms with Crippen LogP contribution in [0.2, 0.25) is 0 Å². The third-order valence-electron chi connectivity index (χ3n) is 6.01. The molecule has 0 spiro atoms. The number of amides is 1. The number of nitrogens with zero attached hydrogens (tertiary/aromatic N) is 2. The van der Waals surface area contributed by atoms with Crippen LogP contribution in [-0.2, 0) is 30.8 Å². The summed E-state index contributed by atoms with van der Waals surface area (Å²) in [7, 11) is -1.86. The first-order valence-electron chi connectivity index (χ1n) is 9.46. The van der Waals surface area contributed by atoms with Crippen molar-refractivity contribution in [1.29, 1.82) is 0 Å². The van der Waals surface area contributed by atoms with Gasteiger partial charge in [0.2, 0.25) is 10.0 Å². The van der Waals surface area contributed by atoms with Gasteiger partial charge in [0.25, 0.3) is 5.91 Å². The van der Waals surface area contributed by atoms with Gasteiger partial charge in [0, 0.05) is 45.9 Å². The minimum absolute atomic E-state index is 0.0422. The average molecular weight is 394 g/mol. The van der Waals surface area contributed by atoms with Crippen molar-refractivity contribution < 1.29 is 22.7 Å². The fourth-order valence-electron chi connectivity index (χ4n) is 4.56. The molecule has 1 aromatic rings. The van der Waals surface area contributed by atoms with E-state index in [1.165, 1.54) is 7.11 Å². The summed E-state index contributed by atoms with van der Waals surface area (Å²) in [6.07, 6.45) is 0.497. The summed E-state index contributed by atoms with van der Waals surface area (Å²) >= 11 is 0. The van der Waals surface area contributed by atoms with Crippen molar-refractivity contribution >= 4 is 15.9 Å². The predicted molar refractivity (Wildman–Crippen MR) is 99.4 cm³/mol. The minimum atomic E-state index is -3.39. The highest BCUT2D eigenvalue weighted by Gasteiger charge is 2.55. The monoisotopic (exact) mass is 394 g/mol. The van der Waals surface area contributed by atoms with Gasteiger partial charge in [-0.3, -0.25) is 4.79 Å². The van der Waals surface area contributed by atoms with E-state index in [0.717, 1.165) is 5.56 Å². The molecule has 3 aliphatic rings. The largest absolute Gasteiger partial charge is 0.381 e. The van der Waals surface area contributed by atoms with Crippen LogP contribution < -0.4 is 0 Å². The van der Waals surface area contributed by atoms with Gasteiger partial charge in [0.1, 0.15) is 6.10 Å². The first kappa shape index (κ1) is 18.9. The number of sulfonamides is 1. The summed E-state index contributed by atoms with van der Waals surface area (Å²) in [5.41, 5.74) is 1.03. The van der Waals surface area contributed by atoms with Crippen LogP contribution in [0.15, 0.2) is 30.3 Å². The second kappa shape index (κ2) is 7.50. The standard InChI is InChI=1S/C19H26N2O5S/c1-25-18-16-12-20(27(23,24)15-7-9-26-10-8-15)13-17(16)21(19(18)22)11-14-5-3-2-4-6-14/h2-6,15-18H,7-13H2,1H3/t16-,17+,18-/m0/s1. The Balaban J connectivity index is 1.55. The van der Waals surface area contributed by atoms with Crippen LogP contribution in [0.5, 0.6) is 0 Å². The number of carbonyl (C=O) groups is 1. The SMILES string of the molecule is CO[C@@H]1C(=O)N(Cc2ccccc2)[C@@H]2CN(S(=O)(=O)C3CCOCC3)C[C@H]12. The Morgan fingerprint density at radius 1 is 1.15 bits per heavy atom. The number of likely N-dealkylation sites (tertiary alicyclic amines) is 1. The van der Waals surface area contributed by atoms with E-state index in [1.807, 2.05) is 30.3 Å². The zero-order chi connectivity index (χ0) is 19.0. The maximum Gasteiger partial charge on any atom is 0.252 e. The van der Waals surface area contributed by atoms with E-state index >= 15 is 0 Å². The van der Waals surface area contributed by atoms with Crippen molar-refractivity contribution in [2.24, 2.45) is 5.92 Å². The van der Waals surface area contributed by atoms with Gasteiger partial charge in [-0.1, -0.05) is 30.3 Å². The van der Waals surface area contributed by atoms with Gasteiger partial charge < -0.3 is 14.4 Å². The van der Waals surface area contributed by atoms with Gasteiger partial charge in [-0.2, -0.15) is 4.31 Å². The molecule has 3 saturated heterocycles. The molecule has 0 unspecified atom stereocenters. The maximum absolute atomic E-state index is 13.1. The maximum atomic E-state index is 13.1. The second-order valence-corrected chi connectivity index (χ2v) is 9.73.